The van der Waals surface area contributed by atoms with E-state index in [1.54, 1.807) is 35.4 Å². The maximum atomic E-state index is 12.5. The highest BCUT2D eigenvalue weighted by Gasteiger charge is 2.22. The van der Waals surface area contributed by atoms with E-state index < -0.39 is 0 Å². The van der Waals surface area contributed by atoms with Gasteiger partial charge in [0.2, 0.25) is 0 Å². The fourth-order valence-corrected chi connectivity index (χ4v) is 3.35. The lowest BCUT2D eigenvalue weighted by molar-refractivity contribution is -0.133. The number of ketones is 1. The number of carbonyl (C=O) groups excluding carboxylic acids is 2. The third-order valence-electron chi connectivity index (χ3n) is 5.16. The van der Waals surface area contributed by atoms with Crippen LogP contribution in [0.1, 0.15) is 17.3 Å². The van der Waals surface area contributed by atoms with Gasteiger partial charge in [0.1, 0.15) is 11.4 Å². The zero-order valence-electron chi connectivity index (χ0n) is 17.3. The molecule has 3 heterocycles. The first kappa shape index (κ1) is 20.5. The van der Waals surface area contributed by atoms with Gasteiger partial charge in [-0.05, 0) is 55.5 Å². The Labute approximate surface area is 180 Å². The number of nitrogens with zero attached hydrogens (tertiary/aromatic N) is 5. The van der Waals surface area contributed by atoms with Crippen LogP contribution in [0.3, 0.4) is 0 Å². The average molecular weight is 417 g/mol. The van der Waals surface area contributed by atoms with Crippen LogP contribution in [-0.4, -0.2) is 64.6 Å². The van der Waals surface area contributed by atoms with Gasteiger partial charge < -0.3 is 14.5 Å². The number of anilines is 1. The molecular formula is C23H23N5O3. The normalized spacial score (nSPS) is 13.7. The molecule has 0 N–H and O–H groups in total. The van der Waals surface area contributed by atoms with Gasteiger partial charge in [-0.15, -0.1) is 10.2 Å². The highest BCUT2D eigenvalue weighted by molar-refractivity contribution is 5.94. The van der Waals surface area contributed by atoms with Crippen molar-refractivity contribution in [1.29, 1.82) is 0 Å². The number of hydrogen-bond donors (Lipinski definition) is 0. The first-order valence-corrected chi connectivity index (χ1v) is 10.1. The molecule has 0 bridgehead atoms. The van der Waals surface area contributed by atoms with Crippen molar-refractivity contribution in [3.63, 3.8) is 0 Å². The van der Waals surface area contributed by atoms with Gasteiger partial charge in [-0.1, -0.05) is 6.07 Å². The van der Waals surface area contributed by atoms with Crippen molar-refractivity contribution in [3.05, 3.63) is 66.4 Å². The van der Waals surface area contributed by atoms with E-state index in [1.165, 1.54) is 6.92 Å². The zero-order valence-corrected chi connectivity index (χ0v) is 17.3. The van der Waals surface area contributed by atoms with Crippen LogP contribution in [0.2, 0.25) is 0 Å². The third-order valence-corrected chi connectivity index (χ3v) is 5.16. The summed E-state index contributed by atoms with van der Waals surface area (Å²) in [5.41, 5.74) is 2.13. The van der Waals surface area contributed by atoms with E-state index in [4.69, 9.17) is 4.74 Å². The van der Waals surface area contributed by atoms with Gasteiger partial charge in [-0.3, -0.25) is 14.6 Å². The van der Waals surface area contributed by atoms with Gasteiger partial charge >= 0.3 is 0 Å². The molecule has 2 aromatic heterocycles. The second-order valence-corrected chi connectivity index (χ2v) is 7.23. The van der Waals surface area contributed by atoms with Crippen LogP contribution in [0, 0.1) is 0 Å². The van der Waals surface area contributed by atoms with E-state index >= 15 is 0 Å². The topological polar surface area (TPSA) is 88.5 Å². The fourth-order valence-electron chi connectivity index (χ4n) is 3.35. The van der Waals surface area contributed by atoms with Gasteiger partial charge in [-0.25, -0.2) is 0 Å². The maximum absolute atomic E-state index is 12.5. The molecule has 0 radical (unpaired) electrons. The van der Waals surface area contributed by atoms with E-state index in [-0.39, 0.29) is 18.3 Å². The lowest BCUT2D eigenvalue weighted by atomic mass is 10.1. The van der Waals surface area contributed by atoms with Crippen LogP contribution < -0.4 is 9.64 Å². The number of piperazine rings is 1. The predicted octanol–water partition coefficient (Wildman–Crippen LogP) is 2.47. The zero-order chi connectivity index (χ0) is 21.6. The minimum Gasteiger partial charge on any atom is -0.484 e. The average Bonchev–Trinajstić information content (AvgIpc) is 2.83. The van der Waals surface area contributed by atoms with Crippen LogP contribution in [-0.2, 0) is 4.79 Å². The number of carbonyl (C=O) groups is 2. The summed E-state index contributed by atoms with van der Waals surface area (Å²) in [6.45, 7) is 4.02. The Kier molecular flexibility index (Phi) is 6.16. The molecule has 1 fully saturated rings. The fraction of sp³-hybridized carbons (Fsp3) is 0.261. The van der Waals surface area contributed by atoms with Crippen molar-refractivity contribution in [2.45, 2.75) is 6.92 Å². The summed E-state index contributed by atoms with van der Waals surface area (Å²) < 4.78 is 5.58. The first-order chi connectivity index (χ1) is 15.1. The number of benzene rings is 1. The number of hydrogen-bond acceptors (Lipinski definition) is 7. The molecule has 1 amide bonds. The van der Waals surface area contributed by atoms with E-state index in [0.29, 0.717) is 37.5 Å². The summed E-state index contributed by atoms with van der Waals surface area (Å²) in [6, 6.07) is 16.3. The van der Waals surface area contributed by atoms with Crippen LogP contribution >= 0.6 is 0 Å². The molecule has 8 nitrogen and oxygen atoms in total. The van der Waals surface area contributed by atoms with Gasteiger partial charge in [0.05, 0.1) is 5.69 Å². The molecule has 3 aromatic rings. The van der Waals surface area contributed by atoms with Crippen molar-refractivity contribution in [1.82, 2.24) is 20.1 Å². The molecule has 0 unspecified atom stereocenters. The van der Waals surface area contributed by atoms with E-state index in [2.05, 4.69) is 20.1 Å². The standard InChI is InChI=1S/C23H23N5O3/c1-17(29)18-5-7-19(8-6-18)31-16-23(30)28-14-12-27(13-15-28)22-10-9-21(25-26-22)20-4-2-3-11-24-20/h2-11H,12-16H2,1H3. The second-order valence-electron chi connectivity index (χ2n) is 7.23. The van der Waals surface area contributed by atoms with Crippen molar-refractivity contribution in [3.8, 4) is 17.1 Å². The van der Waals surface area contributed by atoms with Gasteiger partial charge in [0, 0.05) is 37.9 Å². The summed E-state index contributed by atoms with van der Waals surface area (Å²) >= 11 is 0. The third kappa shape index (κ3) is 5.03. The summed E-state index contributed by atoms with van der Waals surface area (Å²) in [5.74, 6) is 1.29. The van der Waals surface area contributed by atoms with Crippen molar-refractivity contribution in [2.24, 2.45) is 0 Å². The molecule has 1 aliphatic rings. The summed E-state index contributed by atoms with van der Waals surface area (Å²) in [7, 11) is 0. The molecule has 0 spiro atoms. The molecule has 31 heavy (non-hydrogen) atoms. The number of rotatable bonds is 6. The monoisotopic (exact) mass is 417 g/mol. The molecule has 1 aromatic carbocycles. The van der Waals surface area contributed by atoms with E-state index in [1.807, 2.05) is 30.3 Å². The highest BCUT2D eigenvalue weighted by atomic mass is 16.5. The SMILES string of the molecule is CC(=O)c1ccc(OCC(=O)N2CCN(c3ccc(-c4ccccn4)nn3)CC2)cc1. The van der Waals surface area contributed by atoms with Crippen LogP contribution in [0.25, 0.3) is 11.4 Å². The highest BCUT2D eigenvalue weighted by Crippen LogP contribution is 2.18. The van der Waals surface area contributed by atoms with Crippen LogP contribution in [0.4, 0.5) is 5.82 Å². The van der Waals surface area contributed by atoms with Crippen LogP contribution in [0.5, 0.6) is 5.75 Å². The Hall–Kier alpha value is -3.81. The summed E-state index contributed by atoms with van der Waals surface area (Å²) in [6.07, 6.45) is 1.73. The molecular weight excluding hydrogens is 394 g/mol. The van der Waals surface area contributed by atoms with E-state index in [9.17, 15) is 9.59 Å². The van der Waals surface area contributed by atoms with Gasteiger partial charge in [-0.2, -0.15) is 0 Å². The number of pyridine rings is 1. The Morgan fingerprint density at radius 1 is 0.903 bits per heavy atom. The molecule has 0 aliphatic carbocycles. The van der Waals surface area contributed by atoms with E-state index in [0.717, 1.165) is 17.2 Å². The maximum Gasteiger partial charge on any atom is 0.260 e. The smallest absolute Gasteiger partial charge is 0.260 e. The van der Waals surface area contributed by atoms with Crippen LogP contribution in [0.15, 0.2) is 60.8 Å². The second kappa shape index (κ2) is 9.34. The quantitative estimate of drug-likeness (QED) is 0.569. The molecule has 0 saturated carbocycles. The predicted molar refractivity (Wildman–Crippen MR) is 116 cm³/mol. The first-order valence-electron chi connectivity index (χ1n) is 10.1. The molecule has 8 heteroatoms. The molecule has 158 valence electrons. The Bertz CT molecular complexity index is 1030. The minimum atomic E-state index is -0.0631. The van der Waals surface area contributed by atoms with Crippen molar-refractivity contribution in [2.75, 3.05) is 37.7 Å². The largest absolute Gasteiger partial charge is 0.484 e. The number of Topliss-reactive ketones (excluding diaryl/α,β-unsaturated/α-hetero) is 1. The van der Waals surface area contributed by atoms with Gasteiger partial charge in [0.15, 0.2) is 18.2 Å². The molecule has 1 saturated heterocycles. The minimum absolute atomic E-state index is 0.00319. The molecule has 0 atom stereocenters. The molecule has 1 aliphatic heterocycles. The van der Waals surface area contributed by atoms with Gasteiger partial charge in [0.25, 0.3) is 5.91 Å². The Balaban J connectivity index is 1.27. The summed E-state index contributed by atoms with van der Waals surface area (Å²) in [5, 5.41) is 8.61. The Morgan fingerprint density at radius 3 is 2.29 bits per heavy atom. The lowest BCUT2D eigenvalue weighted by Gasteiger charge is -2.35. The summed E-state index contributed by atoms with van der Waals surface area (Å²) in [4.78, 5) is 32.0. The molecule has 4 rings (SSSR count). The number of aromatic nitrogens is 3. The number of amides is 1. The Morgan fingerprint density at radius 2 is 1.68 bits per heavy atom. The van der Waals surface area contributed by atoms with Crippen molar-refractivity contribution < 1.29 is 14.3 Å². The lowest BCUT2D eigenvalue weighted by Crippen LogP contribution is -2.50. The number of ether oxygens (including phenoxy) is 1. The van der Waals surface area contributed by atoms with Crippen molar-refractivity contribution >= 4 is 17.5 Å².